The molecule has 2 aliphatic heterocycles. The van der Waals surface area contributed by atoms with Crippen LogP contribution in [-0.2, 0) is 262 Å². The molecule has 0 aromatic heterocycles. The maximum atomic E-state index is 14.0. The molecule has 2 amide bonds. The largest absolute Gasteiger partial charge is 1.00 e. The topological polar surface area (TPSA) is 1160 Å². The molecule has 2 aliphatic rings. The third kappa shape index (κ3) is 82.8. The van der Waals surface area contributed by atoms with Gasteiger partial charge in [-0.05, 0) is 6.42 Å². The molecule has 684 valence electrons. The third-order valence-corrected chi connectivity index (χ3v) is 18.7. The zero-order chi connectivity index (χ0) is 90.1. The Morgan fingerprint density at radius 3 is 0.634 bits per heavy atom. The average molecular weight is 2390 g/mol. The van der Waals surface area contributed by atoms with Gasteiger partial charge in [-0.3, -0.25) is 76.5 Å². The summed E-state index contributed by atoms with van der Waals surface area (Å²) in [6, 6.07) is 0. The van der Waals surface area contributed by atoms with Crippen molar-refractivity contribution in [2.45, 2.75) is 117 Å². The second kappa shape index (κ2) is 73.3. The molecule has 2 heterocycles. The fourth-order valence-electron chi connectivity index (χ4n) is 8.33. The summed E-state index contributed by atoms with van der Waals surface area (Å²) in [5, 5.41) is 2.29. The zero-order valence-corrected chi connectivity index (χ0v) is 114. The molecule has 0 bridgehead atoms. The summed E-state index contributed by atoms with van der Waals surface area (Å²) in [7, 11) is -111. The summed E-state index contributed by atoms with van der Waals surface area (Å²) in [5.41, 5.74) is 0. The molecule has 2 fully saturated rings. The van der Waals surface area contributed by atoms with Crippen LogP contribution in [0.5, 0.6) is 0 Å². The van der Waals surface area contributed by atoms with Crippen molar-refractivity contribution in [3.8, 4) is 0 Å². The van der Waals surface area contributed by atoms with E-state index in [9.17, 15) is 217 Å². The molecular formula is C27H34N2Na16O70S16. The zero-order valence-electron chi connectivity index (χ0n) is 68.5. The number of hydrogen-bond donors (Lipinski definition) is 2. The van der Waals surface area contributed by atoms with Crippen LogP contribution in [0.1, 0.15) is 6.42 Å². The van der Waals surface area contributed by atoms with Crippen LogP contribution in [0, 0.1) is 0 Å². The summed E-state index contributed by atoms with van der Waals surface area (Å²) in [6.45, 7) is -14.5. The SMILES string of the molecule is O=C(NCCCNC(=O)[C@H](OS(=O)(=O)[O-])[C@@H](OS(=O)(=O)[O-])[C@H](O[C@@H]1O[C@H](COS(=O)(=O)[O-])[C@H](OS(=O)(=O)[O-])[C@H](OS(=O)(=O)[O-])[C@H]1OS(=O)(=O)[O-])[C@@H](COS(=O)(=O)[O-])OS(=O)(=O)[O-])[C@H](OS(=O)(=O)[O-])[C@@H](OS(=O)(=O)[O-])[C@H](O[C@@H]1O[C@H](COS(=O)(=O)[O-])[C@H](OS(=O)(=O)[O-])[C@H](OS(=O)(=O)[O-])[C@H]1OS(=O)(=O)[O-])[C@H](COS(=O)(=O)[O-])OS(=O)(=O)[O-].[Na+].[Na+].[Na+].[Na+].[Na+].[Na+].[Na+].[Na+].[Na+].[Na+].[Na+].[Na+].[Na+].[Na+].[Na+].[Na+]. The summed E-state index contributed by atoms with van der Waals surface area (Å²) in [6.07, 6.45) is -76.6. The van der Waals surface area contributed by atoms with Crippen LogP contribution < -0.4 is 484 Å². The summed E-state index contributed by atoms with van der Waals surface area (Å²) >= 11 is 0. The van der Waals surface area contributed by atoms with E-state index < -0.39 is 334 Å². The molecule has 0 unspecified atom stereocenters. The predicted molar refractivity (Wildman–Crippen MR) is 295 cm³/mol. The van der Waals surface area contributed by atoms with Gasteiger partial charge >= 0.3 is 473 Å². The van der Waals surface area contributed by atoms with Gasteiger partial charge in [0.25, 0.3) is 11.8 Å². The molecule has 0 aromatic rings. The Morgan fingerprint density at radius 2 is 0.443 bits per heavy atom. The van der Waals surface area contributed by atoms with E-state index in [1.807, 2.05) is 0 Å². The fourth-order valence-corrected chi connectivity index (χ4v) is 15.3. The summed E-state index contributed by atoms with van der Waals surface area (Å²) in [4.78, 5) is 28.1. The first kappa shape index (κ1) is 177. The van der Waals surface area contributed by atoms with E-state index in [1.165, 1.54) is 0 Å². The average Bonchev–Trinajstić information content (AvgIpc) is 0.765. The minimum atomic E-state index is -7.32. The number of ether oxygens (including phenoxy) is 4. The van der Waals surface area contributed by atoms with Crippen molar-refractivity contribution < 1.29 is 776 Å². The number of hydrogen-bond acceptors (Lipinski definition) is 70. The fraction of sp³-hybridized carbons (Fsp3) is 0.926. The molecule has 0 spiro atoms. The molecule has 0 saturated carbocycles. The van der Waals surface area contributed by atoms with Gasteiger partial charge < -0.3 is 102 Å². The molecule has 131 heavy (non-hydrogen) atoms. The Bertz CT molecular complexity index is 5100. The van der Waals surface area contributed by atoms with Crippen molar-refractivity contribution in [1.29, 1.82) is 0 Å². The maximum absolute atomic E-state index is 14.0. The van der Waals surface area contributed by atoms with Gasteiger partial charge in [-0.1, -0.05) is 0 Å². The van der Waals surface area contributed by atoms with E-state index >= 15 is 0 Å². The van der Waals surface area contributed by atoms with Crippen molar-refractivity contribution in [3.63, 3.8) is 0 Å². The molecule has 18 atom stereocenters. The van der Waals surface area contributed by atoms with Crippen LogP contribution in [0.4, 0.5) is 0 Å². The molecule has 0 radical (unpaired) electrons. The van der Waals surface area contributed by atoms with E-state index in [0.717, 1.165) is 10.6 Å². The molecule has 2 N–H and O–H groups in total. The van der Waals surface area contributed by atoms with Gasteiger partial charge in [-0.25, -0.2) is 135 Å². The van der Waals surface area contributed by atoms with Gasteiger partial charge in [0, 0.05) is 13.1 Å². The predicted octanol–water partition coefficient (Wildman–Crippen LogP) is -68.1. The smallest absolute Gasteiger partial charge is 0.726 e. The molecule has 0 aliphatic carbocycles. The van der Waals surface area contributed by atoms with Gasteiger partial charge in [-0.2, -0.15) is 0 Å². The van der Waals surface area contributed by atoms with E-state index in [2.05, 4.69) is 66.9 Å². The maximum Gasteiger partial charge on any atom is 1.00 e. The van der Waals surface area contributed by atoms with Crippen molar-refractivity contribution in [2.24, 2.45) is 0 Å². The van der Waals surface area contributed by atoms with Crippen molar-refractivity contribution in [1.82, 2.24) is 10.6 Å². The normalized spacial score (nSPS) is 21.3. The third-order valence-electron chi connectivity index (χ3n) is 11.5. The van der Waals surface area contributed by atoms with E-state index in [-0.39, 0.29) is 473 Å². The second-order valence-electron chi connectivity index (χ2n) is 19.7. The Labute approximate surface area is 1100 Å². The number of carbonyl (C=O) groups excluding carboxylic acids is 2. The molecular weight excluding hydrogens is 2350 g/mol. The first-order valence-corrected chi connectivity index (χ1v) is 47.4. The van der Waals surface area contributed by atoms with Crippen LogP contribution in [0.25, 0.3) is 0 Å². The van der Waals surface area contributed by atoms with Crippen LogP contribution in [0.15, 0.2) is 0 Å². The van der Waals surface area contributed by atoms with Gasteiger partial charge in [0.2, 0.25) is 166 Å². The molecule has 104 heteroatoms. The van der Waals surface area contributed by atoms with Crippen LogP contribution >= 0.6 is 0 Å². The summed E-state index contributed by atoms with van der Waals surface area (Å²) < 4.78 is 655. The van der Waals surface area contributed by atoms with Crippen molar-refractivity contribution in [2.75, 3.05) is 39.5 Å². The number of rotatable bonds is 52. The van der Waals surface area contributed by atoms with Crippen LogP contribution in [0.2, 0.25) is 0 Å². The Kier molecular flexibility index (Phi) is 98.9. The monoisotopic (exact) mass is 2390 g/mol. The van der Waals surface area contributed by atoms with Crippen molar-refractivity contribution >= 4 is 178 Å². The minimum absolute atomic E-state index is 0. The molecule has 2 saturated heterocycles. The Balaban J connectivity index is -0.000000647. The Morgan fingerprint density at radius 1 is 0.244 bits per heavy atom. The number of nitrogens with one attached hydrogen (secondary N) is 2. The Hall–Kier alpha value is 12.7. The quantitative estimate of drug-likeness (QED) is 0.0247. The van der Waals surface area contributed by atoms with Gasteiger partial charge in [0.15, 0.2) is 37.0 Å². The van der Waals surface area contributed by atoms with Crippen LogP contribution in [-0.4, -0.2) is 369 Å². The van der Waals surface area contributed by atoms with Gasteiger partial charge in [0.1, 0.15) is 73.2 Å². The first-order valence-electron chi connectivity index (χ1n) is 26.0. The molecule has 0 aromatic carbocycles. The number of carbonyl (C=O) groups is 2. The van der Waals surface area contributed by atoms with E-state index in [0.29, 0.717) is 0 Å². The van der Waals surface area contributed by atoms with Gasteiger partial charge in [0.05, 0.1) is 26.4 Å². The second-order valence-corrected chi connectivity index (χ2v) is 36.0. The first-order chi connectivity index (χ1) is 50.8. The molecule has 72 nitrogen and oxygen atoms in total. The summed E-state index contributed by atoms with van der Waals surface area (Å²) in [5.74, 6) is -5.90. The van der Waals surface area contributed by atoms with Gasteiger partial charge in [-0.15, -0.1) is 0 Å². The number of amides is 2. The standard InChI is InChI=1S/C27H50N2O70S16.16Na/c30-24(20(96-112(68,69)70)16(92-108(56,57)58)12(10(88-104(44,45)46)6-82-102(38,39)40)86-26-22(98-114(74,75)76)18(94-110(62,63)64)14(90-106(50,51)52)8(84-26)4-80-100(32,33)34)28-2-1-3-29-25(31)21(97-113(71,72)73)17(93-109(59,60)61)13(11(89-105(47,48)49)7-83-103(41,42)43)87-27-23(99-115(77,78)79)19(95-111(65,66)67)15(91-107(53,54)55)9(85-27)5-81-101(35,36)37;;;;;;;;;;;;;;;;/h8-23,26-27H,1-7H2,(H,28,30)(H,29,31)(H,32,33,34)(H,35,36,37)(H,38,39,40)(H,41,42,43)(H,44,45,46)(H,47,48,49)(H,50,51,52)(H,53,54,55)(H,56,57,58)(H,59,60,61)(H,62,63,64)(H,65,66,67)(H,68,69,70)(H,71,72,73)(H,74,75,76)(H,77,78,79);;;;;;;;;;;;;;;;/q;16*+1/p-16/t8-,9-,10-,11+,12-,13-,14+,15+,16+,17+,18+,19+,20-,21-,22-,23-,26+,27+;;;;;;;;;;;;;;;;/m1................/s1. The van der Waals surface area contributed by atoms with Crippen LogP contribution in [0.3, 0.4) is 0 Å². The molecule has 2 rings (SSSR count). The minimum Gasteiger partial charge on any atom is -0.726 e. The van der Waals surface area contributed by atoms with E-state index in [4.69, 9.17) is 18.9 Å². The van der Waals surface area contributed by atoms with Crippen molar-refractivity contribution in [3.05, 3.63) is 0 Å². The van der Waals surface area contributed by atoms with E-state index in [1.54, 1.807) is 0 Å².